The number of hydrogen-bond donors (Lipinski definition) is 1. The van der Waals surface area contributed by atoms with Gasteiger partial charge in [0.2, 0.25) is 0 Å². The van der Waals surface area contributed by atoms with Crippen molar-refractivity contribution in [2.24, 2.45) is 0 Å². The third kappa shape index (κ3) is 4.70. The van der Waals surface area contributed by atoms with E-state index in [1.165, 1.54) is 17.0 Å². The number of benzene rings is 2. The van der Waals surface area contributed by atoms with Gasteiger partial charge in [-0.15, -0.1) is 11.3 Å². The van der Waals surface area contributed by atoms with Crippen LogP contribution < -0.4 is 19.9 Å². The second kappa shape index (κ2) is 9.83. The number of ether oxygens (including phenoxy) is 1. The maximum absolute atomic E-state index is 13.2. The maximum Gasteiger partial charge on any atom is 0.266 e. The molecule has 7 nitrogen and oxygen atoms in total. The van der Waals surface area contributed by atoms with E-state index in [0.717, 1.165) is 69.3 Å². The number of aryl methyl sites for hydroxylation is 2. The lowest BCUT2D eigenvalue weighted by molar-refractivity contribution is 0.103. The van der Waals surface area contributed by atoms with Crippen LogP contribution in [0.4, 0.5) is 17.2 Å². The van der Waals surface area contributed by atoms with Gasteiger partial charge in [0.1, 0.15) is 22.7 Å². The lowest BCUT2D eigenvalue weighted by Gasteiger charge is -2.37. The molecule has 9 heteroatoms. The number of carbonyl (C=O) groups is 1. The fourth-order valence-electron chi connectivity index (χ4n) is 4.43. The fourth-order valence-corrected chi connectivity index (χ4v) is 5.94. The highest BCUT2D eigenvalue weighted by Gasteiger charge is 2.25. The molecule has 2 aromatic carbocycles. The molecule has 1 saturated heterocycles. The lowest BCUT2D eigenvalue weighted by Crippen LogP contribution is -2.46. The average molecular weight is 552 g/mol. The van der Waals surface area contributed by atoms with Crippen LogP contribution in [-0.4, -0.2) is 49.2 Å². The van der Waals surface area contributed by atoms with Gasteiger partial charge in [0.05, 0.1) is 17.4 Å². The predicted molar refractivity (Wildman–Crippen MR) is 146 cm³/mol. The van der Waals surface area contributed by atoms with Crippen LogP contribution >= 0.6 is 27.3 Å². The monoisotopic (exact) mass is 551 g/mol. The molecule has 1 aliphatic heterocycles. The molecule has 0 atom stereocenters. The molecule has 180 valence electrons. The van der Waals surface area contributed by atoms with Gasteiger partial charge >= 0.3 is 0 Å². The Bertz CT molecular complexity index is 1380. The largest absolute Gasteiger partial charge is 0.497 e. The summed E-state index contributed by atoms with van der Waals surface area (Å²) in [6, 6.07) is 14.0. The number of anilines is 3. The minimum atomic E-state index is -0.119. The zero-order valence-electron chi connectivity index (χ0n) is 19.8. The van der Waals surface area contributed by atoms with Crippen molar-refractivity contribution in [1.29, 1.82) is 0 Å². The Morgan fingerprint density at radius 3 is 2.43 bits per heavy atom. The number of thiophene rings is 1. The van der Waals surface area contributed by atoms with Crippen LogP contribution in [0.2, 0.25) is 0 Å². The molecule has 1 fully saturated rings. The van der Waals surface area contributed by atoms with E-state index in [1.807, 2.05) is 44.2 Å². The van der Waals surface area contributed by atoms with E-state index in [1.54, 1.807) is 13.4 Å². The van der Waals surface area contributed by atoms with Gasteiger partial charge < -0.3 is 19.9 Å². The second-order valence-corrected chi connectivity index (χ2v) is 10.4. The van der Waals surface area contributed by atoms with Gasteiger partial charge in [-0.05, 0) is 67.4 Å². The molecule has 1 aliphatic rings. The highest BCUT2D eigenvalue weighted by atomic mass is 79.9. The number of halogens is 1. The third-order valence-corrected chi connectivity index (χ3v) is 8.06. The van der Waals surface area contributed by atoms with Crippen LogP contribution in [-0.2, 0) is 0 Å². The normalized spacial score (nSPS) is 13.8. The van der Waals surface area contributed by atoms with Gasteiger partial charge in [-0.3, -0.25) is 4.79 Å². The molecule has 4 aromatic rings. The topological polar surface area (TPSA) is 70.6 Å². The molecule has 1 amide bonds. The van der Waals surface area contributed by atoms with Crippen LogP contribution in [0.1, 0.15) is 20.8 Å². The molecule has 0 saturated carbocycles. The summed E-state index contributed by atoms with van der Waals surface area (Å²) in [5.74, 6) is 1.64. The summed E-state index contributed by atoms with van der Waals surface area (Å²) in [6.07, 6.45) is 1.60. The van der Waals surface area contributed by atoms with Crippen molar-refractivity contribution in [2.75, 3.05) is 48.4 Å². The highest BCUT2D eigenvalue weighted by molar-refractivity contribution is 9.10. The van der Waals surface area contributed by atoms with Crippen molar-refractivity contribution in [3.05, 3.63) is 69.3 Å². The Morgan fingerprint density at radius 1 is 1.03 bits per heavy atom. The number of aromatic nitrogens is 2. The number of rotatable bonds is 5. The quantitative estimate of drug-likeness (QED) is 0.345. The van der Waals surface area contributed by atoms with E-state index in [9.17, 15) is 4.79 Å². The second-order valence-electron chi connectivity index (χ2n) is 8.52. The summed E-state index contributed by atoms with van der Waals surface area (Å²) in [4.78, 5) is 28.5. The van der Waals surface area contributed by atoms with Crippen LogP contribution in [0.15, 0.2) is 53.3 Å². The summed E-state index contributed by atoms with van der Waals surface area (Å²) in [5, 5.41) is 4.03. The fraction of sp³-hybridized carbons (Fsp3) is 0.269. The van der Waals surface area contributed by atoms with Crippen molar-refractivity contribution in [3.63, 3.8) is 0 Å². The number of nitrogens with one attached hydrogen (secondary N) is 1. The molecule has 0 aliphatic carbocycles. The number of nitrogens with zero attached hydrogens (tertiary/aromatic N) is 4. The molecule has 2 aromatic heterocycles. The number of amides is 1. The van der Waals surface area contributed by atoms with Crippen LogP contribution in [0.3, 0.4) is 0 Å². The molecule has 0 radical (unpaired) electrons. The van der Waals surface area contributed by atoms with E-state index in [-0.39, 0.29) is 5.91 Å². The predicted octanol–water partition coefficient (Wildman–Crippen LogP) is 5.66. The maximum atomic E-state index is 13.2. The minimum Gasteiger partial charge on any atom is -0.497 e. The first-order valence-corrected chi connectivity index (χ1v) is 13.0. The van der Waals surface area contributed by atoms with Crippen molar-refractivity contribution < 1.29 is 9.53 Å². The van der Waals surface area contributed by atoms with Crippen molar-refractivity contribution >= 4 is 60.6 Å². The van der Waals surface area contributed by atoms with Gasteiger partial charge in [-0.25, -0.2) is 9.97 Å². The van der Waals surface area contributed by atoms with Crippen molar-refractivity contribution in [2.45, 2.75) is 13.8 Å². The van der Waals surface area contributed by atoms with Gasteiger partial charge in [0.25, 0.3) is 5.91 Å². The summed E-state index contributed by atoms with van der Waals surface area (Å²) in [6.45, 7) is 7.42. The molecule has 0 unspecified atom stereocenters. The smallest absolute Gasteiger partial charge is 0.266 e. The molecular weight excluding hydrogens is 526 g/mol. The van der Waals surface area contributed by atoms with E-state index in [2.05, 4.69) is 53.1 Å². The Hall–Kier alpha value is -3.17. The SMILES string of the molecule is COc1ccc(N2CCN(c3ncnc4sc(C(=O)Nc5ccc(Br)cc5C)c(C)c34)CC2)cc1. The number of hydrogen-bond acceptors (Lipinski definition) is 7. The van der Waals surface area contributed by atoms with E-state index >= 15 is 0 Å². The average Bonchev–Trinajstić information content (AvgIpc) is 3.22. The standard InChI is InChI=1S/C26H26BrN5O2S/c1-16-14-18(27)4-9-21(16)30-25(33)23-17(2)22-24(28-15-29-26(22)35-23)32-12-10-31(11-13-32)19-5-7-20(34-3)8-6-19/h4-9,14-15H,10-13H2,1-3H3,(H,30,33). The van der Waals surface area contributed by atoms with E-state index < -0.39 is 0 Å². The summed E-state index contributed by atoms with van der Waals surface area (Å²) >= 11 is 4.89. The zero-order valence-corrected chi connectivity index (χ0v) is 22.2. The number of methoxy groups -OCH3 is 1. The lowest BCUT2D eigenvalue weighted by atomic mass is 10.1. The summed E-state index contributed by atoms with van der Waals surface area (Å²) in [5.41, 5.74) is 3.91. The Kier molecular flexibility index (Phi) is 6.62. The van der Waals surface area contributed by atoms with E-state index in [4.69, 9.17) is 4.74 Å². The Morgan fingerprint density at radius 2 is 1.74 bits per heavy atom. The molecular formula is C26H26BrN5O2S. The molecule has 3 heterocycles. The molecule has 35 heavy (non-hydrogen) atoms. The summed E-state index contributed by atoms with van der Waals surface area (Å²) in [7, 11) is 1.68. The van der Waals surface area contributed by atoms with Gasteiger partial charge in [0.15, 0.2) is 0 Å². The Balaban J connectivity index is 1.36. The Labute approximate surface area is 216 Å². The first kappa shape index (κ1) is 23.6. The number of piperazine rings is 1. The number of fused-ring (bicyclic) bond motifs is 1. The van der Waals surface area contributed by atoms with Crippen LogP contribution in [0.5, 0.6) is 5.75 Å². The van der Waals surface area contributed by atoms with Gasteiger partial charge in [0, 0.05) is 42.0 Å². The minimum absolute atomic E-state index is 0.119. The first-order valence-electron chi connectivity index (χ1n) is 11.4. The van der Waals surface area contributed by atoms with Gasteiger partial charge in [-0.1, -0.05) is 15.9 Å². The zero-order chi connectivity index (χ0) is 24.5. The highest BCUT2D eigenvalue weighted by Crippen LogP contribution is 2.36. The van der Waals surface area contributed by atoms with Gasteiger partial charge in [-0.2, -0.15) is 0 Å². The number of carbonyl (C=O) groups excluding carboxylic acids is 1. The summed E-state index contributed by atoms with van der Waals surface area (Å²) < 4.78 is 6.26. The van der Waals surface area contributed by atoms with E-state index in [0.29, 0.717) is 4.88 Å². The molecule has 0 bridgehead atoms. The molecule has 1 N–H and O–H groups in total. The molecule has 5 rings (SSSR count). The van der Waals surface area contributed by atoms with Crippen LogP contribution in [0, 0.1) is 13.8 Å². The van der Waals surface area contributed by atoms with Crippen LogP contribution in [0.25, 0.3) is 10.2 Å². The molecule has 0 spiro atoms. The first-order chi connectivity index (χ1) is 16.9. The van der Waals surface area contributed by atoms with Crippen molar-refractivity contribution in [3.8, 4) is 5.75 Å². The third-order valence-electron chi connectivity index (χ3n) is 6.37. The van der Waals surface area contributed by atoms with Crippen molar-refractivity contribution in [1.82, 2.24) is 9.97 Å².